The van der Waals surface area contributed by atoms with Crippen molar-refractivity contribution in [2.45, 2.75) is 37.6 Å². The summed E-state index contributed by atoms with van der Waals surface area (Å²) in [5.41, 5.74) is 2.49. The molecule has 1 fully saturated rings. The summed E-state index contributed by atoms with van der Waals surface area (Å²) in [6.07, 6.45) is 0.876. The fraction of sp³-hybridized carbons (Fsp3) is 0.323. The summed E-state index contributed by atoms with van der Waals surface area (Å²) in [5.74, 6) is 0.863. The number of hydrogen-bond donors (Lipinski definition) is 1. The van der Waals surface area contributed by atoms with E-state index >= 15 is 0 Å². The van der Waals surface area contributed by atoms with Crippen LogP contribution in [-0.2, 0) is 27.9 Å². The van der Waals surface area contributed by atoms with Crippen molar-refractivity contribution in [1.82, 2.24) is 19.8 Å². The molecule has 4 aromatic rings. The molecule has 2 aliphatic heterocycles. The van der Waals surface area contributed by atoms with Crippen molar-refractivity contribution in [3.05, 3.63) is 90.3 Å². The lowest BCUT2D eigenvalue weighted by molar-refractivity contribution is -0.149. The Morgan fingerprint density at radius 3 is 2.55 bits per heavy atom. The van der Waals surface area contributed by atoms with Gasteiger partial charge in [0.25, 0.3) is 11.8 Å². The van der Waals surface area contributed by atoms with Crippen LogP contribution in [-0.4, -0.2) is 58.2 Å². The van der Waals surface area contributed by atoms with Gasteiger partial charge in [0.1, 0.15) is 12.4 Å². The number of imidazole rings is 1. The molecule has 2 aliphatic rings. The van der Waals surface area contributed by atoms with Crippen molar-refractivity contribution in [1.29, 1.82) is 0 Å². The zero-order valence-corrected chi connectivity index (χ0v) is 22.4. The first-order chi connectivity index (χ1) is 19.6. The average Bonchev–Trinajstić information content (AvgIpc) is 3.64. The molecule has 3 atom stereocenters. The van der Waals surface area contributed by atoms with Crippen LogP contribution >= 0.6 is 0 Å². The van der Waals surface area contributed by atoms with Gasteiger partial charge in [-0.1, -0.05) is 54.6 Å². The minimum atomic E-state index is -1.02. The maximum atomic E-state index is 14.3. The van der Waals surface area contributed by atoms with E-state index in [-0.39, 0.29) is 31.1 Å². The number of fused-ring (bicyclic) bond motifs is 2. The van der Waals surface area contributed by atoms with Gasteiger partial charge in [-0.3, -0.25) is 9.59 Å². The molecule has 3 unspecified atom stereocenters. The highest BCUT2D eigenvalue weighted by Gasteiger charge is 2.40. The lowest BCUT2D eigenvalue weighted by atomic mass is 10.1. The van der Waals surface area contributed by atoms with Gasteiger partial charge in [0, 0.05) is 26.7 Å². The lowest BCUT2D eigenvalue weighted by Gasteiger charge is -2.35. The van der Waals surface area contributed by atoms with E-state index in [2.05, 4.69) is 5.32 Å². The molecule has 1 aromatic heterocycles. The summed E-state index contributed by atoms with van der Waals surface area (Å²) in [5, 5.41) is 3.05. The second-order valence-electron chi connectivity index (χ2n) is 10.1. The molecular weight excluding hydrogens is 508 g/mol. The Hall–Kier alpha value is -4.37. The molecule has 0 bridgehead atoms. The number of benzene rings is 3. The van der Waals surface area contributed by atoms with E-state index in [4.69, 9.17) is 19.2 Å². The van der Waals surface area contributed by atoms with Crippen molar-refractivity contribution >= 4 is 22.8 Å². The second-order valence-corrected chi connectivity index (χ2v) is 10.1. The van der Waals surface area contributed by atoms with Gasteiger partial charge in [0.2, 0.25) is 6.10 Å². The topological polar surface area (TPSA) is 94.9 Å². The lowest BCUT2D eigenvalue weighted by Crippen LogP contribution is -2.51. The van der Waals surface area contributed by atoms with Crippen molar-refractivity contribution in [2.24, 2.45) is 7.05 Å². The zero-order chi connectivity index (χ0) is 27.5. The van der Waals surface area contributed by atoms with Crippen LogP contribution in [0.3, 0.4) is 0 Å². The van der Waals surface area contributed by atoms with Gasteiger partial charge in [-0.25, -0.2) is 4.98 Å². The number of nitrogens with zero attached hydrogens (tertiary/aromatic N) is 3. The number of para-hydroxylation sites is 4. The maximum Gasteiger partial charge on any atom is 0.268 e. The zero-order valence-electron chi connectivity index (χ0n) is 22.4. The summed E-state index contributed by atoms with van der Waals surface area (Å²) in [6, 6.07) is 23.5. The van der Waals surface area contributed by atoms with Gasteiger partial charge in [-0.15, -0.1) is 0 Å². The van der Waals surface area contributed by atoms with E-state index in [1.54, 1.807) is 17.0 Å². The highest BCUT2D eigenvalue weighted by atomic mass is 16.6. The molecule has 0 saturated carbocycles. The van der Waals surface area contributed by atoms with Crippen LogP contribution < -0.4 is 14.8 Å². The van der Waals surface area contributed by atoms with Crippen LogP contribution in [0.5, 0.6) is 11.5 Å². The fourth-order valence-electron chi connectivity index (χ4n) is 5.33. The molecule has 3 heterocycles. The Labute approximate surface area is 232 Å². The van der Waals surface area contributed by atoms with E-state index in [1.807, 2.05) is 78.3 Å². The molecule has 206 valence electrons. The Bertz CT molecular complexity index is 1500. The number of carbonyl (C=O) groups excluding carboxylic acids is 2. The summed E-state index contributed by atoms with van der Waals surface area (Å²) >= 11 is 0. The van der Waals surface area contributed by atoms with E-state index < -0.39 is 12.1 Å². The second kappa shape index (κ2) is 11.4. The predicted molar refractivity (Wildman–Crippen MR) is 149 cm³/mol. The number of hydrogen-bond acceptors (Lipinski definition) is 6. The Morgan fingerprint density at radius 1 is 1.02 bits per heavy atom. The van der Waals surface area contributed by atoms with Crippen LogP contribution in [0.1, 0.15) is 30.3 Å². The van der Waals surface area contributed by atoms with E-state index in [9.17, 15) is 9.59 Å². The molecule has 9 heteroatoms. The molecule has 9 nitrogen and oxygen atoms in total. The number of rotatable bonds is 8. The third-order valence-corrected chi connectivity index (χ3v) is 7.42. The molecule has 1 N–H and O–H groups in total. The number of amides is 2. The van der Waals surface area contributed by atoms with Gasteiger partial charge in [-0.2, -0.15) is 0 Å². The van der Waals surface area contributed by atoms with Crippen LogP contribution in [0.2, 0.25) is 0 Å². The van der Waals surface area contributed by atoms with Gasteiger partial charge < -0.3 is 29.0 Å². The van der Waals surface area contributed by atoms with E-state index in [0.717, 1.165) is 29.4 Å². The summed E-state index contributed by atoms with van der Waals surface area (Å²) in [4.78, 5) is 34.8. The Morgan fingerprint density at radius 2 is 1.77 bits per heavy atom. The molecule has 2 amide bonds. The molecule has 0 spiro atoms. The smallest absolute Gasteiger partial charge is 0.268 e. The minimum Gasteiger partial charge on any atom is -0.485 e. The summed E-state index contributed by atoms with van der Waals surface area (Å²) in [7, 11) is 1.87. The summed E-state index contributed by atoms with van der Waals surface area (Å²) < 4.78 is 19.6. The van der Waals surface area contributed by atoms with Crippen LogP contribution in [0.15, 0.2) is 78.9 Å². The monoisotopic (exact) mass is 540 g/mol. The van der Waals surface area contributed by atoms with Crippen molar-refractivity contribution in [2.75, 3.05) is 19.8 Å². The molecule has 1 saturated heterocycles. The van der Waals surface area contributed by atoms with Gasteiger partial charge in [0.15, 0.2) is 17.5 Å². The largest absolute Gasteiger partial charge is 0.485 e. The number of aryl methyl sites for hydroxylation is 1. The first kappa shape index (κ1) is 25.9. The van der Waals surface area contributed by atoms with E-state index in [0.29, 0.717) is 30.5 Å². The number of ether oxygens (including phenoxy) is 3. The quantitative estimate of drug-likeness (QED) is 0.366. The molecule has 0 radical (unpaired) electrons. The Kier molecular flexibility index (Phi) is 7.37. The third kappa shape index (κ3) is 5.24. The average molecular weight is 541 g/mol. The number of aromatic nitrogens is 2. The normalized spacial score (nSPS) is 18.8. The highest BCUT2D eigenvalue weighted by Crippen LogP contribution is 2.33. The fourth-order valence-corrected chi connectivity index (χ4v) is 5.33. The molecule has 40 heavy (non-hydrogen) atoms. The molecule has 3 aromatic carbocycles. The van der Waals surface area contributed by atoms with Crippen LogP contribution in [0.25, 0.3) is 11.0 Å². The molecule has 6 rings (SSSR count). The van der Waals surface area contributed by atoms with Crippen LogP contribution in [0, 0.1) is 0 Å². The molecular formula is C31H32N4O5. The SMILES string of the molecule is Cn1c(C(C(=O)NCC2CCCO2)N(Cc2ccccc2)C(=O)C2COc3ccccc3O2)nc2ccccc21. The standard InChI is InChI=1S/C31H32N4O5/c1-34-24-14-6-5-13-23(24)33-29(34)28(30(36)32-18-22-12-9-17-38-22)35(19-21-10-3-2-4-11-21)31(37)27-20-39-25-15-7-8-16-26(25)40-27/h2-8,10-11,13-16,22,27-28H,9,12,17-20H2,1H3,(H,32,36). The van der Waals surface area contributed by atoms with Gasteiger partial charge in [0.05, 0.1) is 17.1 Å². The third-order valence-electron chi connectivity index (χ3n) is 7.42. The van der Waals surface area contributed by atoms with Crippen LogP contribution in [0.4, 0.5) is 0 Å². The van der Waals surface area contributed by atoms with E-state index in [1.165, 1.54) is 0 Å². The number of carbonyl (C=O) groups is 2. The van der Waals surface area contributed by atoms with Gasteiger partial charge >= 0.3 is 0 Å². The first-order valence-corrected chi connectivity index (χ1v) is 13.6. The number of nitrogens with one attached hydrogen (secondary N) is 1. The summed E-state index contributed by atoms with van der Waals surface area (Å²) in [6.45, 7) is 1.27. The van der Waals surface area contributed by atoms with Crippen molar-refractivity contribution in [3.63, 3.8) is 0 Å². The van der Waals surface area contributed by atoms with Crippen molar-refractivity contribution in [3.8, 4) is 11.5 Å². The minimum absolute atomic E-state index is 0.0356. The Balaban J connectivity index is 1.39. The predicted octanol–water partition coefficient (Wildman–Crippen LogP) is 3.78. The van der Waals surface area contributed by atoms with Crippen molar-refractivity contribution < 1.29 is 23.8 Å². The molecule has 0 aliphatic carbocycles. The maximum absolute atomic E-state index is 14.3. The highest BCUT2D eigenvalue weighted by molar-refractivity contribution is 5.91. The van der Waals surface area contributed by atoms with Gasteiger partial charge in [-0.05, 0) is 42.7 Å². The first-order valence-electron chi connectivity index (χ1n) is 13.6.